The monoisotopic (exact) mass is 162 g/mol. The lowest BCUT2D eigenvalue weighted by molar-refractivity contribution is -0.143. The van der Waals surface area contributed by atoms with Crippen molar-refractivity contribution in [3.05, 3.63) is 0 Å². The van der Waals surface area contributed by atoms with E-state index in [1.165, 1.54) is 0 Å². The van der Waals surface area contributed by atoms with E-state index >= 15 is 0 Å². The van der Waals surface area contributed by atoms with Crippen molar-refractivity contribution >= 4 is 0 Å². The fraction of sp³-hybridized carbons (Fsp3) is 1.00. The first-order valence-electron chi connectivity index (χ1n) is 4.19. The minimum absolute atomic E-state index is 0.0501. The van der Waals surface area contributed by atoms with Crippen LogP contribution in [0.4, 0.5) is 8.78 Å². The Hall–Kier alpha value is -0.140. The first-order valence-corrected chi connectivity index (χ1v) is 4.19. The molecule has 0 radical (unpaired) electrons. The average Bonchev–Trinajstić information content (AvgIpc) is 1.79. The zero-order valence-corrected chi connectivity index (χ0v) is 7.45. The molecule has 0 aliphatic heterocycles. The van der Waals surface area contributed by atoms with Crippen molar-refractivity contribution in [2.45, 2.75) is 46.0 Å². The van der Waals surface area contributed by atoms with Gasteiger partial charge in [-0.15, -0.1) is 0 Å². The molecule has 2 heteroatoms. The van der Waals surface area contributed by atoms with Crippen molar-refractivity contribution in [1.29, 1.82) is 0 Å². The SMILES string of the molecule is CC(C)(C)C[C@H]1CCC1(F)F. The Morgan fingerprint density at radius 2 is 1.91 bits per heavy atom. The summed E-state index contributed by atoms with van der Waals surface area (Å²) in [5, 5.41) is 0. The van der Waals surface area contributed by atoms with E-state index in [2.05, 4.69) is 0 Å². The minimum Gasteiger partial charge on any atom is -0.207 e. The molecule has 0 N–H and O–H groups in total. The highest BCUT2D eigenvalue weighted by molar-refractivity contribution is 4.90. The number of rotatable bonds is 1. The van der Waals surface area contributed by atoms with Gasteiger partial charge in [-0.2, -0.15) is 0 Å². The van der Waals surface area contributed by atoms with Crippen molar-refractivity contribution in [3.8, 4) is 0 Å². The summed E-state index contributed by atoms with van der Waals surface area (Å²) < 4.78 is 25.5. The Bertz CT molecular complexity index is 144. The maximum atomic E-state index is 12.7. The normalized spacial score (nSPS) is 29.7. The van der Waals surface area contributed by atoms with Crippen molar-refractivity contribution in [1.82, 2.24) is 0 Å². The summed E-state index contributed by atoms with van der Waals surface area (Å²) in [7, 11) is 0. The van der Waals surface area contributed by atoms with Gasteiger partial charge in [-0.05, 0) is 18.3 Å². The first-order chi connectivity index (χ1) is 4.81. The Morgan fingerprint density at radius 1 is 1.36 bits per heavy atom. The Morgan fingerprint density at radius 3 is 2.00 bits per heavy atom. The van der Waals surface area contributed by atoms with Gasteiger partial charge in [0.15, 0.2) is 0 Å². The third-order valence-electron chi connectivity index (χ3n) is 2.28. The van der Waals surface area contributed by atoms with Gasteiger partial charge in [0, 0.05) is 12.3 Å². The summed E-state index contributed by atoms with van der Waals surface area (Å²) in [5.41, 5.74) is 0.0501. The summed E-state index contributed by atoms with van der Waals surface area (Å²) in [6.45, 7) is 6.05. The van der Waals surface area contributed by atoms with E-state index in [4.69, 9.17) is 0 Å². The van der Waals surface area contributed by atoms with Gasteiger partial charge in [0.2, 0.25) is 0 Å². The molecule has 0 bridgehead atoms. The fourth-order valence-corrected chi connectivity index (χ4v) is 1.56. The molecule has 0 aromatic rings. The summed E-state index contributed by atoms with van der Waals surface area (Å²) in [6.07, 6.45) is 1.47. The van der Waals surface area contributed by atoms with Crippen molar-refractivity contribution in [3.63, 3.8) is 0 Å². The van der Waals surface area contributed by atoms with Crippen LogP contribution in [-0.2, 0) is 0 Å². The highest BCUT2D eigenvalue weighted by atomic mass is 19.3. The quantitative estimate of drug-likeness (QED) is 0.553. The molecule has 11 heavy (non-hydrogen) atoms. The first kappa shape index (κ1) is 8.95. The van der Waals surface area contributed by atoms with Crippen LogP contribution in [0.2, 0.25) is 0 Å². The second-order valence-corrected chi connectivity index (χ2v) is 4.76. The second kappa shape index (κ2) is 2.43. The topological polar surface area (TPSA) is 0 Å². The molecule has 0 saturated heterocycles. The Kier molecular flexibility index (Phi) is 1.97. The number of hydrogen-bond acceptors (Lipinski definition) is 0. The van der Waals surface area contributed by atoms with Gasteiger partial charge in [-0.3, -0.25) is 0 Å². The molecule has 1 rings (SSSR count). The molecule has 0 spiro atoms. The van der Waals surface area contributed by atoms with Gasteiger partial charge < -0.3 is 0 Å². The van der Waals surface area contributed by atoms with Gasteiger partial charge in [-0.25, -0.2) is 8.78 Å². The molecule has 0 unspecified atom stereocenters. The largest absolute Gasteiger partial charge is 0.250 e. The van der Waals surface area contributed by atoms with E-state index < -0.39 is 5.92 Å². The van der Waals surface area contributed by atoms with E-state index in [1.807, 2.05) is 20.8 Å². The third-order valence-corrected chi connectivity index (χ3v) is 2.28. The van der Waals surface area contributed by atoms with E-state index in [0.717, 1.165) is 0 Å². The maximum absolute atomic E-state index is 12.7. The smallest absolute Gasteiger partial charge is 0.207 e. The van der Waals surface area contributed by atoms with Crippen LogP contribution in [0, 0.1) is 11.3 Å². The van der Waals surface area contributed by atoms with Gasteiger partial charge in [0.25, 0.3) is 5.92 Å². The molecule has 1 aliphatic carbocycles. The molecule has 0 aromatic heterocycles. The van der Waals surface area contributed by atoms with Crippen LogP contribution in [0.25, 0.3) is 0 Å². The summed E-state index contributed by atoms with van der Waals surface area (Å²) in [6, 6.07) is 0. The molecule has 0 aromatic carbocycles. The van der Waals surface area contributed by atoms with Gasteiger partial charge in [0.1, 0.15) is 0 Å². The summed E-state index contributed by atoms with van der Waals surface area (Å²) in [4.78, 5) is 0. The van der Waals surface area contributed by atoms with E-state index in [-0.39, 0.29) is 17.8 Å². The van der Waals surface area contributed by atoms with Crippen LogP contribution in [0.3, 0.4) is 0 Å². The zero-order chi connectivity index (χ0) is 8.70. The highest BCUT2D eigenvalue weighted by Crippen LogP contribution is 2.48. The van der Waals surface area contributed by atoms with Crippen LogP contribution < -0.4 is 0 Å². The molecule has 0 nitrogen and oxygen atoms in total. The molecule has 1 fully saturated rings. The van der Waals surface area contributed by atoms with Crippen LogP contribution in [0.1, 0.15) is 40.0 Å². The lowest BCUT2D eigenvalue weighted by Crippen LogP contribution is -2.40. The minimum atomic E-state index is -2.35. The molecule has 1 saturated carbocycles. The summed E-state index contributed by atoms with van der Waals surface area (Å²) in [5.74, 6) is -2.70. The molecule has 66 valence electrons. The predicted octanol–water partition coefficient (Wildman–Crippen LogP) is 3.47. The standard InChI is InChI=1S/C9H16F2/c1-8(2,3)6-7-4-5-9(7,10)11/h7H,4-6H2,1-3H3/t7-/m1/s1. The van der Waals surface area contributed by atoms with Crippen LogP contribution in [0.5, 0.6) is 0 Å². The van der Waals surface area contributed by atoms with Crippen molar-refractivity contribution in [2.75, 3.05) is 0 Å². The van der Waals surface area contributed by atoms with Gasteiger partial charge in [-0.1, -0.05) is 20.8 Å². The molecule has 0 amide bonds. The van der Waals surface area contributed by atoms with Gasteiger partial charge in [0.05, 0.1) is 0 Å². The van der Waals surface area contributed by atoms with E-state index in [9.17, 15) is 8.78 Å². The zero-order valence-electron chi connectivity index (χ0n) is 7.45. The van der Waals surface area contributed by atoms with Crippen LogP contribution in [-0.4, -0.2) is 5.92 Å². The number of alkyl halides is 2. The van der Waals surface area contributed by atoms with Crippen molar-refractivity contribution < 1.29 is 8.78 Å². The third kappa shape index (κ3) is 2.14. The molecule has 1 aliphatic rings. The van der Waals surface area contributed by atoms with Gasteiger partial charge >= 0.3 is 0 Å². The number of halogens is 2. The summed E-state index contributed by atoms with van der Waals surface area (Å²) >= 11 is 0. The Balaban J connectivity index is 2.40. The maximum Gasteiger partial charge on any atom is 0.250 e. The van der Waals surface area contributed by atoms with E-state index in [1.54, 1.807) is 0 Å². The highest BCUT2D eigenvalue weighted by Gasteiger charge is 2.48. The van der Waals surface area contributed by atoms with Crippen LogP contribution >= 0.6 is 0 Å². The Labute approximate surface area is 67.0 Å². The van der Waals surface area contributed by atoms with E-state index in [0.29, 0.717) is 12.8 Å². The average molecular weight is 162 g/mol. The second-order valence-electron chi connectivity index (χ2n) is 4.76. The molecular weight excluding hydrogens is 146 g/mol. The lowest BCUT2D eigenvalue weighted by atomic mass is 9.71. The lowest BCUT2D eigenvalue weighted by Gasteiger charge is -2.39. The van der Waals surface area contributed by atoms with Crippen molar-refractivity contribution in [2.24, 2.45) is 11.3 Å². The number of hydrogen-bond donors (Lipinski definition) is 0. The molecular formula is C9H16F2. The fourth-order valence-electron chi connectivity index (χ4n) is 1.56. The van der Waals surface area contributed by atoms with Crippen LogP contribution in [0.15, 0.2) is 0 Å². The molecule has 1 atom stereocenters. The molecule has 0 heterocycles. The predicted molar refractivity (Wildman–Crippen MR) is 41.7 cm³/mol.